The molecule has 0 amide bonds. The second-order valence-corrected chi connectivity index (χ2v) is 16.7. The van der Waals surface area contributed by atoms with E-state index in [9.17, 15) is 19.0 Å². The fourth-order valence-corrected chi connectivity index (χ4v) is 6.06. The average molecular weight is 806 g/mol. The van der Waals surface area contributed by atoms with Crippen LogP contribution in [-0.2, 0) is 32.7 Å². The van der Waals surface area contributed by atoms with E-state index in [2.05, 4.69) is 80.7 Å². The van der Waals surface area contributed by atoms with Gasteiger partial charge in [0.2, 0.25) is 0 Å². The molecule has 2 atom stereocenters. The molecular weight excluding hydrogens is 725 g/mol. The fourth-order valence-electron chi connectivity index (χ4n) is 5.33. The van der Waals surface area contributed by atoms with Gasteiger partial charge in [0.1, 0.15) is 19.8 Å². The van der Waals surface area contributed by atoms with Gasteiger partial charge in [-0.25, -0.2) is 0 Å². The van der Waals surface area contributed by atoms with E-state index < -0.39 is 32.5 Å². The standard InChI is InChI=1S/C46H80NO8P/c1-6-8-10-12-14-16-18-20-22-23-25-27-29-31-33-35-37-39-46(49)55-44(43-54-56(50,51)53-41-40-47(3,4)5)42-52-45(48)38-36-34-32-30-28-26-24-21-19-17-15-13-11-9-7-2/h8,10,14,16,20-22,24-25,27,31,33,44H,6-7,9,11-13,15,17-19,23,26,28-30,32,34-43H2,1-5H3/b10-8-,16-14-,22-20-,24-21-,27-25-,33-31-. The molecule has 0 aromatic carbocycles. The van der Waals surface area contributed by atoms with Crippen LogP contribution in [0.25, 0.3) is 0 Å². The Bertz CT molecular complexity index is 1180. The van der Waals surface area contributed by atoms with Gasteiger partial charge < -0.3 is 27.9 Å². The number of phosphoric acid groups is 1. The molecular formula is C46H80NO8P. The first-order valence-corrected chi connectivity index (χ1v) is 23.1. The van der Waals surface area contributed by atoms with Crippen LogP contribution in [0.4, 0.5) is 0 Å². The molecule has 0 aliphatic carbocycles. The maximum Gasteiger partial charge on any atom is 0.306 e. The molecule has 0 saturated heterocycles. The molecule has 10 heteroatoms. The number of nitrogens with zero attached hydrogens (tertiary/aromatic N) is 1. The van der Waals surface area contributed by atoms with E-state index >= 15 is 0 Å². The van der Waals surface area contributed by atoms with Gasteiger partial charge in [-0.2, -0.15) is 0 Å². The van der Waals surface area contributed by atoms with Gasteiger partial charge in [-0.05, 0) is 77.0 Å². The molecule has 9 nitrogen and oxygen atoms in total. The molecule has 0 rings (SSSR count). The van der Waals surface area contributed by atoms with Crippen molar-refractivity contribution in [3.63, 3.8) is 0 Å². The van der Waals surface area contributed by atoms with Crippen molar-refractivity contribution < 1.29 is 42.1 Å². The summed E-state index contributed by atoms with van der Waals surface area (Å²) in [5, 5.41) is 0. The highest BCUT2D eigenvalue weighted by atomic mass is 31.2. The third kappa shape index (κ3) is 41.1. The number of allylic oxidation sites excluding steroid dienone is 12. The Morgan fingerprint density at radius 1 is 0.571 bits per heavy atom. The van der Waals surface area contributed by atoms with E-state index in [-0.39, 0.29) is 26.1 Å². The number of rotatable bonds is 38. The molecule has 0 saturated carbocycles. The monoisotopic (exact) mass is 806 g/mol. The van der Waals surface area contributed by atoms with Gasteiger partial charge in [0.15, 0.2) is 6.10 Å². The van der Waals surface area contributed by atoms with Gasteiger partial charge in [-0.3, -0.25) is 14.2 Å². The third-order valence-corrected chi connectivity index (χ3v) is 9.67. The summed E-state index contributed by atoms with van der Waals surface area (Å²) in [7, 11) is 1.11. The largest absolute Gasteiger partial charge is 0.756 e. The zero-order valence-electron chi connectivity index (χ0n) is 36.1. The molecule has 0 aromatic rings. The van der Waals surface area contributed by atoms with E-state index in [1.165, 1.54) is 44.9 Å². The van der Waals surface area contributed by atoms with Gasteiger partial charge in [-0.1, -0.05) is 138 Å². The van der Waals surface area contributed by atoms with Crippen LogP contribution in [-0.4, -0.2) is 70.0 Å². The normalized spacial score (nSPS) is 14.3. The number of likely N-dealkylation sites (N-methyl/N-ethyl adjacent to an activating group) is 1. The molecule has 0 aromatic heterocycles. The number of hydrogen-bond acceptors (Lipinski definition) is 8. The smallest absolute Gasteiger partial charge is 0.306 e. The van der Waals surface area contributed by atoms with Crippen LogP contribution in [0.3, 0.4) is 0 Å². The van der Waals surface area contributed by atoms with Gasteiger partial charge in [0.25, 0.3) is 7.82 Å². The van der Waals surface area contributed by atoms with E-state index in [1.54, 1.807) is 0 Å². The summed E-state index contributed by atoms with van der Waals surface area (Å²) in [6.07, 6.45) is 46.5. The quantitative estimate of drug-likeness (QED) is 0.0199. The summed E-state index contributed by atoms with van der Waals surface area (Å²) in [5.41, 5.74) is 0. The second-order valence-electron chi connectivity index (χ2n) is 15.3. The van der Waals surface area contributed by atoms with Crippen LogP contribution >= 0.6 is 7.82 Å². The topological polar surface area (TPSA) is 111 Å². The predicted octanol–water partition coefficient (Wildman–Crippen LogP) is 11.6. The third-order valence-electron chi connectivity index (χ3n) is 8.71. The summed E-state index contributed by atoms with van der Waals surface area (Å²) in [6.45, 7) is 4.01. The Hall–Kier alpha value is -2.55. The van der Waals surface area contributed by atoms with Crippen molar-refractivity contribution in [2.75, 3.05) is 47.5 Å². The highest BCUT2D eigenvalue weighted by Gasteiger charge is 2.21. The Morgan fingerprint density at radius 3 is 1.59 bits per heavy atom. The van der Waals surface area contributed by atoms with E-state index in [1.807, 2.05) is 27.2 Å². The van der Waals surface area contributed by atoms with Gasteiger partial charge >= 0.3 is 11.9 Å². The molecule has 56 heavy (non-hydrogen) atoms. The lowest BCUT2D eigenvalue weighted by Crippen LogP contribution is -2.37. The van der Waals surface area contributed by atoms with E-state index in [4.69, 9.17) is 18.5 Å². The maximum atomic E-state index is 12.6. The first kappa shape index (κ1) is 53.5. The molecule has 0 fully saturated rings. The summed E-state index contributed by atoms with van der Waals surface area (Å²) >= 11 is 0. The van der Waals surface area contributed by atoms with Crippen molar-refractivity contribution in [1.29, 1.82) is 0 Å². The minimum Gasteiger partial charge on any atom is -0.756 e. The lowest BCUT2D eigenvalue weighted by molar-refractivity contribution is -0.870. The Morgan fingerprint density at radius 2 is 1.04 bits per heavy atom. The molecule has 0 bridgehead atoms. The highest BCUT2D eigenvalue weighted by molar-refractivity contribution is 7.45. The van der Waals surface area contributed by atoms with Crippen molar-refractivity contribution in [3.05, 3.63) is 72.9 Å². The van der Waals surface area contributed by atoms with Crippen LogP contribution in [0, 0.1) is 0 Å². The van der Waals surface area contributed by atoms with Crippen molar-refractivity contribution in [2.45, 2.75) is 161 Å². The summed E-state index contributed by atoms with van der Waals surface area (Å²) in [4.78, 5) is 37.5. The van der Waals surface area contributed by atoms with Crippen LogP contribution in [0.5, 0.6) is 0 Å². The number of quaternary nitrogens is 1. The summed E-state index contributed by atoms with van der Waals surface area (Å²) in [6, 6.07) is 0. The lowest BCUT2D eigenvalue weighted by Gasteiger charge is -2.28. The summed E-state index contributed by atoms with van der Waals surface area (Å²) < 4.78 is 33.8. The SMILES string of the molecule is CC/C=C\C/C=C\C/C=C\C/C=C\C/C=C\CCCC(=O)OC(COC(=O)CCCCCCC/C=C\CCCCCCCC)COP(=O)([O-])OCC[N+](C)(C)C. The minimum atomic E-state index is -4.64. The Labute approximate surface area is 342 Å². The molecule has 0 aliphatic rings. The van der Waals surface area contributed by atoms with Crippen molar-refractivity contribution in [1.82, 2.24) is 0 Å². The number of ether oxygens (including phenoxy) is 2. The lowest BCUT2D eigenvalue weighted by atomic mass is 10.1. The van der Waals surface area contributed by atoms with Crippen LogP contribution in [0.2, 0.25) is 0 Å². The first-order valence-electron chi connectivity index (χ1n) is 21.6. The molecule has 2 unspecified atom stereocenters. The number of phosphoric ester groups is 1. The number of unbranched alkanes of at least 4 members (excludes halogenated alkanes) is 12. The molecule has 0 spiro atoms. The number of carbonyl (C=O) groups excluding carboxylic acids is 2. The molecule has 0 heterocycles. The van der Waals surface area contributed by atoms with Crippen molar-refractivity contribution in [3.8, 4) is 0 Å². The first-order chi connectivity index (χ1) is 27.0. The second kappa shape index (κ2) is 38.0. The molecule has 322 valence electrons. The number of carbonyl (C=O) groups is 2. The predicted molar refractivity (Wildman–Crippen MR) is 231 cm³/mol. The van der Waals surface area contributed by atoms with Gasteiger partial charge in [0.05, 0.1) is 27.7 Å². The van der Waals surface area contributed by atoms with Crippen molar-refractivity contribution in [2.24, 2.45) is 0 Å². The molecule has 0 radical (unpaired) electrons. The zero-order valence-corrected chi connectivity index (χ0v) is 36.9. The molecule has 0 N–H and O–H groups in total. The van der Waals surface area contributed by atoms with Crippen LogP contribution in [0.15, 0.2) is 72.9 Å². The van der Waals surface area contributed by atoms with E-state index in [0.29, 0.717) is 30.3 Å². The molecule has 0 aliphatic heterocycles. The average Bonchev–Trinajstić information content (AvgIpc) is 3.15. The van der Waals surface area contributed by atoms with Crippen molar-refractivity contribution >= 4 is 19.8 Å². The summed E-state index contributed by atoms with van der Waals surface area (Å²) in [5.74, 6) is -0.919. The fraction of sp³-hybridized carbons (Fsp3) is 0.696. The maximum absolute atomic E-state index is 12.6. The van der Waals surface area contributed by atoms with Crippen LogP contribution in [0.1, 0.15) is 155 Å². The van der Waals surface area contributed by atoms with Gasteiger partial charge in [0, 0.05) is 12.8 Å². The highest BCUT2D eigenvalue weighted by Crippen LogP contribution is 2.38. The number of esters is 2. The van der Waals surface area contributed by atoms with Crippen LogP contribution < -0.4 is 4.89 Å². The Kier molecular flexibility index (Phi) is 36.3. The van der Waals surface area contributed by atoms with E-state index in [0.717, 1.165) is 64.2 Å². The van der Waals surface area contributed by atoms with Gasteiger partial charge in [-0.15, -0.1) is 0 Å². The Balaban J connectivity index is 4.50. The number of hydrogen-bond donors (Lipinski definition) is 0. The zero-order chi connectivity index (χ0) is 41.4. The minimum absolute atomic E-state index is 0.0462.